The average molecular weight is 421 g/mol. The molecular weight excluding hydrogens is 400 g/mol. The summed E-state index contributed by atoms with van der Waals surface area (Å²) in [5.41, 5.74) is 4.41. The number of ether oxygens (including phenoxy) is 1. The van der Waals surface area contributed by atoms with Crippen molar-refractivity contribution >= 4 is 34.4 Å². The number of benzene rings is 2. The molecule has 4 aromatic rings. The van der Waals surface area contributed by atoms with E-state index in [4.69, 9.17) is 21.3 Å². The van der Waals surface area contributed by atoms with Crippen LogP contribution in [0, 0.1) is 13.8 Å². The molecule has 6 nitrogen and oxygen atoms in total. The van der Waals surface area contributed by atoms with Crippen molar-refractivity contribution in [3.8, 4) is 5.75 Å². The van der Waals surface area contributed by atoms with Crippen LogP contribution < -0.4 is 10.1 Å². The Morgan fingerprint density at radius 3 is 2.67 bits per heavy atom. The number of pyridine rings is 1. The van der Waals surface area contributed by atoms with Gasteiger partial charge in [-0.25, -0.2) is 9.97 Å². The van der Waals surface area contributed by atoms with E-state index in [9.17, 15) is 4.79 Å². The van der Waals surface area contributed by atoms with E-state index < -0.39 is 0 Å². The number of rotatable bonds is 5. The monoisotopic (exact) mass is 420 g/mol. The van der Waals surface area contributed by atoms with E-state index in [1.54, 1.807) is 31.4 Å². The van der Waals surface area contributed by atoms with Gasteiger partial charge in [-0.05, 0) is 55.8 Å². The Morgan fingerprint density at radius 1 is 1.10 bits per heavy atom. The summed E-state index contributed by atoms with van der Waals surface area (Å²) in [7, 11) is 1.65. The molecule has 2 aromatic heterocycles. The molecular formula is C23H21ClN4O2. The van der Waals surface area contributed by atoms with Crippen molar-refractivity contribution in [3.63, 3.8) is 0 Å². The van der Waals surface area contributed by atoms with Gasteiger partial charge in [0.1, 0.15) is 17.1 Å². The quantitative estimate of drug-likeness (QED) is 0.492. The first kappa shape index (κ1) is 19.9. The molecule has 0 unspecified atom stereocenters. The van der Waals surface area contributed by atoms with Gasteiger partial charge in [-0.2, -0.15) is 0 Å². The number of hydrogen-bond acceptors (Lipinski definition) is 4. The second-order valence-corrected chi connectivity index (χ2v) is 7.46. The molecule has 0 aliphatic carbocycles. The normalized spacial score (nSPS) is 10.9. The zero-order chi connectivity index (χ0) is 21.3. The number of hydrogen-bond donors (Lipinski definition) is 1. The van der Waals surface area contributed by atoms with Crippen LogP contribution in [0.2, 0.25) is 5.02 Å². The summed E-state index contributed by atoms with van der Waals surface area (Å²) >= 11 is 5.99. The summed E-state index contributed by atoms with van der Waals surface area (Å²) in [6.45, 7) is 4.44. The van der Waals surface area contributed by atoms with Crippen molar-refractivity contribution < 1.29 is 9.53 Å². The summed E-state index contributed by atoms with van der Waals surface area (Å²) in [6, 6.07) is 16.6. The number of imidazole rings is 1. The topological polar surface area (TPSA) is 69.0 Å². The first-order valence-corrected chi connectivity index (χ1v) is 9.86. The van der Waals surface area contributed by atoms with Gasteiger partial charge in [0, 0.05) is 10.6 Å². The molecule has 0 fully saturated rings. The lowest BCUT2D eigenvalue weighted by molar-refractivity contribution is 0.102. The Kier molecular flexibility index (Phi) is 5.42. The molecule has 0 aliphatic rings. The lowest BCUT2D eigenvalue weighted by Crippen LogP contribution is -2.13. The molecule has 0 atom stereocenters. The third-order valence-electron chi connectivity index (χ3n) is 4.91. The van der Waals surface area contributed by atoms with Crippen molar-refractivity contribution in [1.29, 1.82) is 0 Å². The number of aromatic nitrogens is 3. The standard InChI is InChI=1S/C23H21ClN4O2/c1-14-20(27-23(29)17-7-5-8-18(24)11-17)12-21-22(25-14)28(15(2)26-21)13-16-6-4-9-19(10-16)30-3/h4-12H,13H2,1-3H3,(H,27,29). The molecule has 0 aliphatic heterocycles. The maximum atomic E-state index is 12.6. The Bertz CT molecular complexity index is 1250. The number of methoxy groups -OCH3 is 1. The molecule has 0 radical (unpaired) electrons. The zero-order valence-electron chi connectivity index (χ0n) is 16.9. The minimum atomic E-state index is -0.241. The van der Waals surface area contributed by atoms with Crippen molar-refractivity contribution in [2.24, 2.45) is 0 Å². The first-order chi connectivity index (χ1) is 14.4. The molecule has 1 amide bonds. The highest BCUT2D eigenvalue weighted by atomic mass is 35.5. The van der Waals surface area contributed by atoms with E-state index >= 15 is 0 Å². The van der Waals surface area contributed by atoms with Gasteiger partial charge in [-0.15, -0.1) is 0 Å². The summed E-state index contributed by atoms with van der Waals surface area (Å²) in [5.74, 6) is 1.41. The maximum absolute atomic E-state index is 12.6. The molecule has 152 valence electrons. The molecule has 0 bridgehead atoms. The van der Waals surface area contributed by atoms with Gasteiger partial charge in [0.15, 0.2) is 5.65 Å². The number of halogens is 1. The molecule has 7 heteroatoms. The summed E-state index contributed by atoms with van der Waals surface area (Å²) in [4.78, 5) is 22.0. The van der Waals surface area contributed by atoms with Crippen molar-refractivity contribution in [2.75, 3.05) is 12.4 Å². The summed E-state index contributed by atoms with van der Waals surface area (Å²) in [6.07, 6.45) is 0. The highest BCUT2D eigenvalue weighted by Gasteiger charge is 2.15. The van der Waals surface area contributed by atoms with Crippen LogP contribution in [-0.4, -0.2) is 27.6 Å². The van der Waals surface area contributed by atoms with Gasteiger partial charge in [0.05, 0.1) is 25.0 Å². The summed E-state index contributed by atoms with van der Waals surface area (Å²) in [5, 5.41) is 3.43. The zero-order valence-corrected chi connectivity index (χ0v) is 17.7. The van der Waals surface area contributed by atoms with Gasteiger partial charge in [-0.1, -0.05) is 29.8 Å². The smallest absolute Gasteiger partial charge is 0.255 e. The van der Waals surface area contributed by atoms with Gasteiger partial charge < -0.3 is 14.6 Å². The lowest BCUT2D eigenvalue weighted by Gasteiger charge is -2.10. The lowest BCUT2D eigenvalue weighted by atomic mass is 10.2. The Labute approximate surface area is 179 Å². The van der Waals surface area contributed by atoms with E-state index in [1.165, 1.54) is 0 Å². The number of anilines is 1. The van der Waals surface area contributed by atoms with E-state index in [-0.39, 0.29) is 5.91 Å². The van der Waals surface area contributed by atoms with Crippen LogP contribution in [0.25, 0.3) is 11.2 Å². The predicted molar refractivity (Wildman–Crippen MR) is 119 cm³/mol. The molecule has 0 saturated heterocycles. The number of fused-ring (bicyclic) bond motifs is 1. The second kappa shape index (κ2) is 8.16. The molecule has 0 spiro atoms. The van der Waals surface area contributed by atoms with Crippen molar-refractivity contribution in [2.45, 2.75) is 20.4 Å². The maximum Gasteiger partial charge on any atom is 0.255 e. The number of nitrogens with one attached hydrogen (secondary N) is 1. The van der Waals surface area contributed by atoms with E-state index in [1.807, 2.05) is 44.2 Å². The molecule has 0 saturated carbocycles. The minimum Gasteiger partial charge on any atom is -0.497 e. The molecule has 2 aromatic carbocycles. The fourth-order valence-electron chi connectivity index (χ4n) is 3.34. The highest BCUT2D eigenvalue weighted by molar-refractivity contribution is 6.31. The number of carbonyl (C=O) groups is 1. The fraction of sp³-hybridized carbons (Fsp3) is 0.174. The molecule has 2 heterocycles. The SMILES string of the molecule is COc1cccc(Cn2c(C)nc3cc(NC(=O)c4cccc(Cl)c4)c(C)nc32)c1. The first-order valence-electron chi connectivity index (χ1n) is 9.49. The molecule has 1 N–H and O–H groups in total. The van der Waals surface area contributed by atoms with E-state index in [0.29, 0.717) is 28.5 Å². The van der Waals surface area contributed by atoms with Gasteiger partial charge in [0.2, 0.25) is 0 Å². The Hall–Kier alpha value is -3.38. The van der Waals surface area contributed by atoms with Crippen LogP contribution in [0.4, 0.5) is 5.69 Å². The van der Waals surface area contributed by atoms with Crippen molar-refractivity contribution in [1.82, 2.24) is 14.5 Å². The van der Waals surface area contributed by atoms with Crippen LogP contribution in [0.5, 0.6) is 5.75 Å². The fourth-order valence-corrected chi connectivity index (χ4v) is 3.53. The largest absolute Gasteiger partial charge is 0.497 e. The Balaban J connectivity index is 1.65. The highest BCUT2D eigenvalue weighted by Crippen LogP contribution is 2.24. The predicted octanol–water partition coefficient (Wildman–Crippen LogP) is 5.01. The van der Waals surface area contributed by atoms with E-state index in [0.717, 1.165) is 28.3 Å². The van der Waals surface area contributed by atoms with Gasteiger partial charge >= 0.3 is 0 Å². The second-order valence-electron chi connectivity index (χ2n) is 7.03. The Morgan fingerprint density at radius 2 is 1.90 bits per heavy atom. The third kappa shape index (κ3) is 4.00. The van der Waals surface area contributed by atoms with Gasteiger partial charge in [0.25, 0.3) is 5.91 Å². The van der Waals surface area contributed by atoms with Crippen LogP contribution in [-0.2, 0) is 6.54 Å². The van der Waals surface area contributed by atoms with E-state index in [2.05, 4.69) is 14.9 Å². The third-order valence-corrected chi connectivity index (χ3v) is 5.15. The number of nitrogens with zero attached hydrogens (tertiary/aromatic N) is 3. The minimum absolute atomic E-state index is 0.241. The van der Waals surface area contributed by atoms with Gasteiger partial charge in [-0.3, -0.25) is 4.79 Å². The van der Waals surface area contributed by atoms with Crippen LogP contribution in [0.3, 0.4) is 0 Å². The van der Waals surface area contributed by atoms with Crippen LogP contribution >= 0.6 is 11.6 Å². The number of aryl methyl sites for hydroxylation is 2. The van der Waals surface area contributed by atoms with Crippen LogP contribution in [0.1, 0.15) is 27.4 Å². The molecule has 30 heavy (non-hydrogen) atoms. The number of carbonyl (C=O) groups excluding carboxylic acids is 1. The van der Waals surface area contributed by atoms with Crippen molar-refractivity contribution in [3.05, 3.63) is 82.3 Å². The number of amides is 1. The molecule has 4 rings (SSSR count). The van der Waals surface area contributed by atoms with Crippen LogP contribution in [0.15, 0.2) is 54.6 Å². The summed E-state index contributed by atoms with van der Waals surface area (Å²) < 4.78 is 7.37. The average Bonchev–Trinajstić information content (AvgIpc) is 3.02.